The van der Waals surface area contributed by atoms with Crippen LogP contribution in [0.2, 0.25) is 0 Å². The largest absolute Gasteiger partial charge is 0.353 e. The minimum absolute atomic E-state index is 0.00330. The van der Waals surface area contributed by atoms with Gasteiger partial charge in [0.1, 0.15) is 16.1 Å². The monoisotopic (exact) mass is 343 g/mol. The Morgan fingerprint density at radius 2 is 1.75 bits per heavy atom. The topological polar surface area (TPSA) is 54.9 Å². The van der Waals surface area contributed by atoms with Crippen molar-refractivity contribution in [1.82, 2.24) is 15.3 Å². The molecule has 1 aromatic heterocycles. The lowest BCUT2D eigenvalue weighted by molar-refractivity contribution is -0.121. The van der Waals surface area contributed by atoms with E-state index in [1.807, 2.05) is 57.2 Å². The van der Waals surface area contributed by atoms with Crippen molar-refractivity contribution in [2.24, 2.45) is 0 Å². The highest BCUT2D eigenvalue weighted by Gasteiger charge is 2.23. The summed E-state index contributed by atoms with van der Waals surface area (Å²) >= 11 is 1.47. The van der Waals surface area contributed by atoms with Crippen LogP contribution in [0.1, 0.15) is 55.9 Å². The van der Waals surface area contributed by atoms with Gasteiger partial charge in [-0.25, -0.2) is 9.97 Å². The zero-order chi connectivity index (χ0) is 17.7. The molecule has 0 fully saturated rings. The maximum atomic E-state index is 12.7. The first kappa shape index (κ1) is 18.5. The predicted octanol–water partition coefficient (Wildman–Crippen LogP) is 4.27. The first-order valence-electron chi connectivity index (χ1n) is 8.24. The third-order valence-corrected chi connectivity index (χ3v) is 4.55. The number of nitrogens with one attached hydrogen (secondary N) is 1. The minimum Gasteiger partial charge on any atom is -0.353 e. The Labute approximate surface area is 148 Å². The van der Waals surface area contributed by atoms with Gasteiger partial charge < -0.3 is 5.32 Å². The van der Waals surface area contributed by atoms with Crippen molar-refractivity contribution in [3.05, 3.63) is 53.5 Å². The van der Waals surface area contributed by atoms with Crippen molar-refractivity contribution < 1.29 is 4.79 Å². The lowest BCUT2D eigenvalue weighted by atomic mass is 10.1. The molecule has 1 atom stereocenters. The Morgan fingerprint density at radius 3 is 2.33 bits per heavy atom. The van der Waals surface area contributed by atoms with Crippen LogP contribution in [0.3, 0.4) is 0 Å². The van der Waals surface area contributed by atoms with E-state index in [0.29, 0.717) is 0 Å². The summed E-state index contributed by atoms with van der Waals surface area (Å²) in [4.78, 5) is 21.8. The average Bonchev–Trinajstić information content (AvgIpc) is 2.52. The molecular weight excluding hydrogens is 318 g/mol. The van der Waals surface area contributed by atoms with Crippen LogP contribution in [-0.4, -0.2) is 21.9 Å². The van der Waals surface area contributed by atoms with E-state index in [1.165, 1.54) is 11.8 Å². The highest BCUT2D eigenvalue weighted by molar-refractivity contribution is 8.00. The molecule has 0 aliphatic rings. The van der Waals surface area contributed by atoms with Crippen LogP contribution in [0.5, 0.6) is 0 Å². The summed E-state index contributed by atoms with van der Waals surface area (Å²) in [6, 6.07) is 11.9. The molecule has 2 aromatic rings. The van der Waals surface area contributed by atoms with Gasteiger partial charge in [-0.05, 0) is 32.4 Å². The highest BCUT2D eigenvalue weighted by atomic mass is 32.2. The lowest BCUT2D eigenvalue weighted by Crippen LogP contribution is -2.33. The molecule has 1 aromatic carbocycles. The van der Waals surface area contributed by atoms with Crippen molar-refractivity contribution in [1.29, 1.82) is 0 Å². The van der Waals surface area contributed by atoms with Crippen molar-refractivity contribution in [2.75, 3.05) is 0 Å². The van der Waals surface area contributed by atoms with E-state index in [1.54, 1.807) is 0 Å². The summed E-state index contributed by atoms with van der Waals surface area (Å²) < 4.78 is 0. The molecule has 0 bridgehead atoms. The number of aromatic nitrogens is 2. The molecular formula is C19H25N3OS. The molecule has 4 nitrogen and oxygen atoms in total. The van der Waals surface area contributed by atoms with Gasteiger partial charge in [0.05, 0.1) is 0 Å². The Bertz CT molecular complexity index is 686. The van der Waals surface area contributed by atoms with E-state index in [9.17, 15) is 4.79 Å². The molecule has 5 heteroatoms. The fraction of sp³-hybridized carbons (Fsp3) is 0.421. The third-order valence-electron chi connectivity index (χ3n) is 3.37. The van der Waals surface area contributed by atoms with Gasteiger partial charge in [-0.2, -0.15) is 0 Å². The summed E-state index contributed by atoms with van der Waals surface area (Å²) in [5, 5.41) is 3.51. The standard InChI is InChI=1S/C19H25N3OS/c1-12(2)18-21-14(5)11-16(22-18)24-17(19(23)20-13(3)4)15-9-7-6-8-10-15/h6-13,17H,1-5H3,(H,20,23). The van der Waals surface area contributed by atoms with Crippen molar-refractivity contribution in [3.8, 4) is 0 Å². The van der Waals surface area contributed by atoms with Gasteiger partial charge >= 0.3 is 0 Å². The molecule has 0 spiro atoms. The lowest BCUT2D eigenvalue weighted by Gasteiger charge is -2.19. The number of rotatable bonds is 6. The molecule has 0 aliphatic carbocycles. The summed E-state index contributed by atoms with van der Waals surface area (Å²) in [5.41, 5.74) is 1.90. The van der Waals surface area contributed by atoms with Gasteiger partial charge in [0.25, 0.3) is 0 Å². The maximum Gasteiger partial charge on any atom is 0.238 e. The van der Waals surface area contributed by atoms with Crippen LogP contribution >= 0.6 is 11.8 Å². The third kappa shape index (κ3) is 5.06. The molecule has 0 radical (unpaired) electrons. The fourth-order valence-electron chi connectivity index (χ4n) is 2.26. The molecule has 1 amide bonds. The molecule has 0 saturated heterocycles. The van der Waals surface area contributed by atoms with Gasteiger partial charge in [-0.15, -0.1) is 0 Å². The molecule has 0 saturated carbocycles. The van der Waals surface area contributed by atoms with Crippen LogP contribution in [-0.2, 0) is 4.79 Å². The fourth-order valence-corrected chi connectivity index (χ4v) is 3.36. The highest BCUT2D eigenvalue weighted by Crippen LogP contribution is 2.35. The second-order valence-corrected chi connectivity index (χ2v) is 7.56. The van der Waals surface area contributed by atoms with E-state index in [0.717, 1.165) is 22.1 Å². The zero-order valence-electron chi connectivity index (χ0n) is 14.9. The van der Waals surface area contributed by atoms with Crippen molar-refractivity contribution in [2.45, 2.75) is 56.9 Å². The second kappa shape index (κ2) is 8.29. The van der Waals surface area contributed by atoms with Crippen LogP contribution in [0.15, 0.2) is 41.4 Å². The van der Waals surface area contributed by atoms with Gasteiger partial charge in [0.2, 0.25) is 5.91 Å². The number of amides is 1. The number of aryl methyl sites for hydroxylation is 1. The minimum atomic E-state index is -0.331. The van der Waals surface area contributed by atoms with E-state index in [4.69, 9.17) is 0 Å². The first-order valence-corrected chi connectivity index (χ1v) is 9.12. The number of hydrogen-bond donors (Lipinski definition) is 1. The summed E-state index contributed by atoms with van der Waals surface area (Å²) in [7, 11) is 0. The van der Waals surface area contributed by atoms with E-state index < -0.39 is 0 Å². The molecule has 128 valence electrons. The van der Waals surface area contributed by atoms with Gasteiger partial charge in [0, 0.05) is 17.7 Å². The smallest absolute Gasteiger partial charge is 0.238 e. The van der Waals surface area contributed by atoms with E-state index in [-0.39, 0.29) is 23.1 Å². The van der Waals surface area contributed by atoms with Crippen molar-refractivity contribution in [3.63, 3.8) is 0 Å². The number of benzene rings is 1. The van der Waals surface area contributed by atoms with E-state index >= 15 is 0 Å². The molecule has 0 aliphatic heterocycles. The number of thioether (sulfide) groups is 1. The molecule has 1 heterocycles. The normalized spacial score (nSPS) is 12.5. The predicted molar refractivity (Wildman–Crippen MR) is 99.2 cm³/mol. The average molecular weight is 343 g/mol. The maximum absolute atomic E-state index is 12.7. The summed E-state index contributed by atoms with van der Waals surface area (Å²) in [6.45, 7) is 10.0. The number of carbonyl (C=O) groups is 1. The second-order valence-electron chi connectivity index (χ2n) is 6.43. The van der Waals surface area contributed by atoms with Gasteiger partial charge in [-0.3, -0.25) is 4.79 Å². The van der Waals surface area contributed by atoms with Gasteiger partial charge in [-0.1, -0.05) is 55.9 Å². The molecule has 24 heavy (non-hydrogen) atoms. The molecule has 1 unspecified atom stereocenters. The Balaban J connectivity index is 2.33. The quantitative estimate of drug-likeness (QED) is 0.629. The number of hydrogen-bond acceptors (Lipinski definition) is 4. The van der Waals surface area contributed by atoms with Crippen molar-refractivity contribution >= 4 is 17.7 Å². The number of nitrogens with zero attached hydrogens (tertiary/aromatic N) is 2. The Morgan fingerprint density at radius 1 is 1.08 bits per heavy atom. The van der Waals surface area contributed by atoms with Crippen LogP contribution in [0.25, 0.3) is 0 Å². The first-order chi connectivity index (χ1) is 11.4. The molecule has 1 N–H and O–H groups in total. The molecule has 2 rings (SSSR count). The Kier molecular flexibility index (Phi) is 6.37. The summed E-state index contributed by atoms with van der Waals surface area (Å²) in [5.74, 6) is 1.07. The SMILES string of the molecule is Cc1cc(SC(C(=O)NC(C)C)c2ccccc2)nc(C(C)C)n1. The Hall–Kier alpha value is -1.88. The number of carbonyl (C=O) groups excluding carboxylic acids is 1. The zero-order valence-corrected chi connectivity index (χ0v) is 15.7. The van der Waals surface area contributed by atoms with Crippen LogP contribution in [0, 0.1) is 6.92 Å². The van der Waals surface area contributed by atoms with Gasteiger partial charge in [0.15, 0.2) is 0 Å². The summed E-state index contributed by atoms with van der Waals surface area (Å²) in [6.07, 6.45) is 0. The van der Waals surface area contributed by atoms with E-state index in [2.05, 4.69) is 29.1 Å². The van der Waals surface area contributed by atoms with Crippen LogP contribution in [0.4, 0.5) is 0 Å². The van der Waals surface area contributed by atoms with Crippen LogP contribution < -0.4 is 5.32 Å².